The first-order chi connectivity index (χ1) is 5.13. The summed E-state index contributed by atoms with van der Waals surface area (Å²) in [6.07, 6.45) is -4.43. The standard InChI is InChI=1S/C5H9ClO5/c6-11-2-4(9)5(10)3(8)1-7/h1,3-5,8-10H,2H2/t3-,4-,5+/m1/s1. The monoisotopic (exact) mass is 184 g/mol. The fourth-order valence-corrected chi connectivity index (χ4v) is 0.600. The Kier molecular flexibility index (Phi) is 5.35. The van der Waals surface area contributed by atoms with Crippen LogP contribution in [-0.2, 0) is 9.08 Å². The van der Waals surface area contributed by atoms with Crippen LogP contribution < -0.4 is 0 Å². The van der Waals surface area contributed by atoms with Crippen LogP contribution in [0.1, 0.15) is 0 Å². The van der Waals surface area contributed by atoms with Crippen LogP contribution in [0.4, 0.5) is 0 Å². The van der Waals surface area contributed by atoms with Gasteiger partial charge in [-0.3, -0.25) is 4.29 Å². The van der Waals surface area contributed by atoms with Crippen LogP contribution in [0.2, 0.25) is 0 Å². The maximum Gasteiger partial charge on any atom is 0.151 e. The van der Waals surface area contributed by atoms with Gasteiger partial charge in [-0.25, -0.2) is 0 Å². The molecule has 0 radical (unpaired) electrons. The van der Waals surface area contributed by atoms with Crippen LogP contribution in [0, 0.1) is 0 Å². The van der Waals surface area contributed by atoms with Gasteiger partial charge in [0.1, 0.15) is 18.3 Å². The van der Waals surface area contributed by atoms with Crippen LogP contribution in [-0.4, -0.2) is 46.5 Å². The number of aliphatic hydroxyl groups excluding tert-OH is 3. The zero-order valence-electron chi connectivity index (χ0n) is 5.55. The number of rotatable bonds is 5. The van der Waals surface area contributed by atoms with E-state index in [2.05, 4.69) is 4.29 Å². The summed E-state index contributed by atoms with van der Waals surface area (Å²) >= 11 is 4.75. The molecule has 0 heterocycles. The van der Waals surface area contributed by atoms with Gasteiger partial charge in [0.2, 0.25) is 0 Å². The minimum absolute atomic E-state index is 0.113. The third-order valence-corrected chi connectivity index (χ3v) is 1.24. The Labute approximate surface area is 68.3 Å². The third-order valence-electron chi connectivity index (χ3n) is 1.12. The first kappa shape index (κ1) is 10.8. The van der Waals surface area contributed by atoms with E-state index < -0.39 is 18.3 Å². The van der Waals surface area contributed by atoms with Crippen LogP contribution in [0.15, 0.2) is 0 Å². The van der Waals surface area contributed by atoms with Crippen molar-refractivity contribution in [3.63, 3.8) is 0 Å². The highest BCUT2D eigenvalue weighted by Crippen LogP contribution is 1.99. The summed E-state index contributed by atoms with van der Waals surface area (Å²) in [4.78, 5) is 9.86. The molecule has 0 aliphatic carbocycles. The van der Waals surface area contributed by atoms with Crippen molar-refractivity contribution in [2.75, 3.05) is 6.61 Å². The molecule has 0 aliphatic heterocycles. The quantitative estimate of drug-likeness (QED) is 0.450. The lowest BCUT2D eigenvalue weighted by molar-refractivity contribution is -0.127. The summed E-state index contributed by atoms with van der Waals surface area (Å²) in [6, 6.07) is 0. The number of carbonyl (C=O) groups excluding carboxylic acids is 1. The Morgan fingerprint density at radius 3 is 2.36 bits per heavy atom. The van der Waals surface area contributed by atoms with E-state index in [1.807, 2.05) is 0 Å². The molecule has 0 aromatic heterocycles. The average Bonchev–Trinajstić information content (AvgIpc) is 2.02. The number of aldehydes is 1. The predicted molar refractivity (Wildman–Crippen MR) is 35.9 cm³/mol. The van der Waals surface area contributed by atoms with Gasteiger partial charge >= 0.3 is 0 Å². The molecule has 3 N–H and O–H groups in total. The summed E-state index contributed by atoms with van der Waals surface area (Å²) in [5, 5.41) is 26.3. The molecule has 0 spiro atoms. The molecule has 0 aromatic rings. The maximum atomic E-state index is 9.86. The predicted octanol–water partition coefficient (Wildman–Crippen LogP) is -1.56. The molecule has 0 fully saturated rings. The van der Waals surface area contributed by atoms with E-state index in [0.29, 0.717) is 0 Å². The minimum atomic E-state index is -1.61. The smallest absolute Gasteiger partial charge is 0.151 e. The molecule has 6 heteroatoms. The normalized spacial score (nSPS) is 18.9. The summed E-state index contributed by atoms with van der Waals surface area (Å²) in [6.45, 7) is -0.354. The van der Waals surface area contributed by atoms with Crippen molar-refractivity contribution in [2.45, 2.75) is 18.3 Å². The first-order valence-corrected chi connectivity index (χ1v) is 3.17. The molecule has 0 aliphatic rings. The van der Waals surface area contributed by atoms with Crippen molar-refractivity contribution in [3.8, 4) is 0 Å². The molecule has 0 aromatic carbocycles. The Bertz CT molecular complexity index is 119. The van der Waals surface area contributed by atoms with Gasteiger partial charge in [-0.05, 0) is 0 Å². The van der Waals surface area contributed by atoms with Gasteiger partial charge in [-0.2, -0.15) is 0 Å². The van der Waals surface area contributed by atoms with E-state index in [1.54, 1.807) is 0 Å². The van der Waals surface area contributed by atoms with Gasteiger partial charge in [0.15, 0.2) is 6.29 Å². The lowest BCUT2D eigenvalue weighted by Crippen LogP contribution is -2.40. The fourth-order valence-electron chi connectivity index (χ4n) is 0.471. The first-order valence-electron chi connectivity index (χ1n) is 2.86. The average molecular weight is 185 g/mol. The molecule has 66 valence electrons. The molecule has 0 saturated heterocycles. The zero-order valence-corrected chi connectivity index (χ0v) is 6.31. The highest BCUT2D eigenvalue weighted by molar-refractivity contribution is 6.07. The molecule has 0 unspecified atom stereocenters. The van der Waals surface area contributed by atoms with E-state index in [-0.39, 0.29) is 12.9 Å². The van der Waals surface area contributed by atoms with Gasteiger partial charge in [0, 0.05) is 0 Å². The maximum absolute atomic E-state index is 9.86. The van der Waals surface area contributed by atoms with Crippen molar-refractivity contribution >= 4 is 18.2 Å². The highest BCUT2D eigenvalue weighted by Gasteiger charge is 2.23. The number of hydrogen-bond acceptors (Lipinski definition) is 5. The lowest BCUT2D eigenvalue weighted by Gasteiger charge is -2.17. The number of carbonyl (C=O) groups is 1. The second-order valence-corrected chi connectivity index (χ2v) is 2.18. The molecular weight excluding hydrogens is 176 g/mol. The van der Waals surface area contributed by atoms with Gasteiger partial charge < -0.3 is 20.1 Å². The van der Waals surface area contributed by atoms with Crippen LogP contribution in [0.25, 0.3) is 0 Å². The van der Waals surface area contributed by atoms with Gasteiger partial charge in [0.05, 0.1) is 18.5 Å². The van der Waals surface area contributed by atoms with E-state index in [4.69, 9.17) is 27.2 Å². The molecule has 0 saturated carbocycles. The summed E-state index contributed by atoms with van der Waals surface area (Å²) in [7, 11) is 0. The molecule has 5 nitrogen and oxygen atoms in total. The number of hydrogen-bond donors (Lipinski definition) is 3. The number of halogens is 1. The fraction of sp³-hybridized carbons (Fsp3) is 0.800. The Morgan fingerprint density at radius 2 is 2.00 bits per heavy atom. The topological polar surface area (TPSA) is 87.0 Å². The molecule has 11 heavy (non-hydrogen) atoms. The van der Waals surface area contributed by atoms with Crippen LogP contribution >= 0.6 is 11.9 Å². The van der Waals surface area contributed by atoms with Crippen molar-refractivity contribution in [3.05, 3.63) is 0 Å². The van der Waals surface area contributed by atoms with Gasteiger partial charge in [-0.1, -0.05) is 0 Å². The Balaban J connectivity index is 3.79. The van der Waals surface area contributed by atoms with E-state index >= 15 is 0 Å². The van der Waals surface area contributed by atoms with Crippen molar-refractivity contribution in [1.29, 1.82) is 0 Å². The Morgan fingerprint density at radius 1 is 1.45 bits per heavy atom. The zero-order chi connectivity index (χ0) is 8.85. The SMILES string of the molecule is O=C[C@@H](O)[C@H](O)[C@H](O)COCl. The Hall–Kier alpha value is -0.200. The van der Waals surface area contributed by atoms with Gasteiger partial charge in [-0.15, -0.1) is 0 Å². The molecule has 0 rings (SSSR count). The van der Waals surface area contributed by atoms with Crippen molar-refractivity contribution < 1.29 is 24.4 Å². The third kappa shape index (κ3) is 3.64. The van der Waals surface area contributed by atoms with Gasteiger partial charge in [0.25, 0.3) is 0 Å². The second kappa shape index (κ2) is 5.45. The lowest BCUT2D eigenvalue weighted by atomic mass is 10.1. The van der Waals surface area contributed by atoms with E-state index in [1.165, 1.54) is 0 Å². The minimum Gasteiger partial charge on any atom is -0.388 e. The van der Waals surface area contributed by atoms with Crippen molar-refractivity contribution in [2.24, 2.45) is 0 Å². The largest absolute Gasteiger partial charge is 0.388 e. The number of aliphatic hydroxyl groups is 3. The van der Waals surface area contributed by atoms with Crippen molar-refractivity contribution in [1.82, 2.24) is 0 Å². The molecule has 0 amide bonds. The van der Waals surface area contributed by atoms with E-state index in [9.17, 15) is 4.79 Å². The molecular formula is C5H9ClO5. The summed E-state index contributed by atoms with van der Waals surface area (Å²) in [5.74, 6) is 0. The highest BCUT2D eigenvalue weighted by atomic mass is 35.5. The van der Waals surface area contributed by atoms with Crippen LogP contribution in [0.3, 0.4) is 0 Å². The second-order valence-electron chi connectivity index (χ2n) is 1.96. The van der Waals surface area contributed by atoms with Crippen LogP contribution in [0.5, 0.6) is 0 Å². The summed E-state index contributed by atoms with van der Waals surface area (Å²) < 4.78 is 3.95. The summed E-state index contributed by atoms with van der Waals surface area (Å²) in [5.41, 5.74) is 0. The van der Waals surface area contributed by atoms with E-state index in [0.717, 1.165) is 0 Å². The molecule has 0 bridgehead atoms. The molecule has 3 atom stereocenters.